The number of imidazole rings is 1. The molecule has 1 aliphatic rings. The van der Waals surface area contributed by atoms with Crippen molar-refractivity contribution in [3.8, 4) is 17.6 Å². The second kappa shape index (κ2) is 10.1. The Hall–Kier alpha value is -5.50. The molecule has 39 heavy (non-hydrogen) atoms. The Morgan fingerprint density at radius 2 is 2.03 bits per heavy atom. The van der Waals surface area contributed by atoms with Gasteiger partial charge in [-0.1, -0.05) is 36.3 Å². The van der Waals surface area contributed by atoms with E-state index in [2.05, 4.69) is 42.4 Å². The summed E-state index contributed by atoms with van der Waals surface area (Å²) >= 11 is 0. The molecule has 6 rings (SSSR count). The number of aromatic amines is 1. The minimum atomic E-state index is -0.926. The van der Waals surface area contributed by atoms with Crippen molar-refractivity contribution in [2.75, 3.05) is 18.6 Å². The molecular formula is C28H22N8O3. The van der Waals surface area contributed by atoms with Gasteiger partial charge in [0.05, 0.1) is 11.9 Å². The number of nitrogens with zero attached hydrogens (tertiary/aromatic N) is 6. The second-order valence-electron chi connectivity index (χ2n) is 8.87. The minimum absolute atomic E-state index is 0.0400. The highest BCUT2D eigenvalue weighted by molar-refractivity contribution is 6.02. The summed E-state index contributed by atoms with van der Waals surface area (Å²) in [6.07, 6.45) is 3.83. The van der Waals surface area contributed by atoms with E-state index in [0.717, 1.165) is 5.56 Å². The van der Waals surface area contributed by atoms with Gasteiger partial charge in [-0.2, -0.15) is 5.10 Å². The van der Waals surface area contributed by atoms with Crippen molar-refractivity contribution in [3.05, 3.63) is 102 Å². The maximum Gasteiger partial charge on any atom is 0.291 e. The number of fused-ring (bicyclic) bond motifs is 2. The van der Waals surface area contributed by atoms with Gasteiger partial charge in [-0.3, -0.25) is 14.7 Å². The van der Waals surface area contributed by atoms with E-state index in [1.54, 1.807) is 36.1 Å². The van der Waals surface area contributed by atoms with Crippen LogP contribution >= 0.6 is 0 Å². The van der Waals surface area contributed by atoms with Gasteiger partial charge in [-0.05, 0) is 41.8 Å². The molecule has 11 heteroatoms. The van der Waals surface area contributed by atoms with Crippen LogP contribution in [-0.4, -0.2) is 61.3 Å². The number of ether oxygens (including phenoxy) is 1. The Bertz CT molecular complexity index is 1750. The molecule has 0 saturated carbocycles. The van der Waals surface area contributed by atoms with Crippen molar-refractivity contribution in [2.24, 2.45) is 0 Å². The van der Waals surface area contributed by atoms with E-state index in [-0.39, 0.29) is 18.3 Å². The fraction of sp³-hybridized carbons (Fsp3) is 0.143. The van der Waals surface area contributed by atoms with Crippen LogP contribution in [0.2, 0.25) is 0 Å². The molecule has 0 saturated heterocycles. The summed E-state index contributed by atoms with van der Waals surface area (Å²) < 4.78 is 7.54. The lowest BCUT2D eigenvalue weighted by atomic mass is 10.1. The molecule has 0 fully saturated rings. The standard InChI is InChI=1S/C28H22N8O3/c1-35-22-14-19(9-11-20-16-29-25-8-5-13-30-36(20)25)10-12-23(22)39-17-21(28(35)38)31-27(37)26-32-24(33-34-26)15-18-6-3-2-4-7-18/h2-8,10,12-14,16,21H,15,17H2,1H3,(H,31,37)(H,32,33,34)/t21-/m0/s1. The average molecular weight is 519 g/mol. The van der Waals surface area contributed by atoms with Gasteiger partial charge in [-0.15, -0.1) is 5.10 Å². The summed E-state index contributed by atoms with van der Waals surface area (Å²) in [6.45, 7) is -0.0400. The van der Waals surface area contributed by atoms with Crippen molar-refractivity contribution in [1.82, 2.24) is 35.1 Å². The van der Waals surface area contributed by atoms with Gasteiger partial charge in [0.1, 0.15) is 29.9 Å². The lowest BCUT2D eigenvalue weighted by Crippen LogP contribution is -2.49. The first-order valence-corrected chi connectivity index (χ1v) is 12.2. The summed E-state index contributed by atoms with van der Waals surface area (Å²) in [5.74, 6) is 6.28. The van der Waals surface area contributed by atoms with Crippen molar-refractivity contribution < 1.29 is 14.3 Å². The Kier molecular flexibility index (Phi) is 6.18. The number of hydrogen-bond acceptors (Lipinski definition) is 7. The van der Waals surface area contributed by atoms with Crippen LogP contribution in [0.1, 0.15) is 33.3 Å². The van der Waals surface area contributed by atoms with Gasteiger partial charge in [0.25, 0.3) is 11.8 Å². The van der Waals surface area contributed by atoms with E-state index in [1.807, 2.05) is 48.5 Å². The molecule has 0 spiro atoms. The van der Waals surface area contributed by atoms with Crippen LogP contribution in [0.3, 0.4) is 0 Å². The molecule has 1 aliphatic heterocycles. The van der Waals surface area contributed by atoms with Gasteiger partial charge in [0.2, 0.25) is 5.82 Å². The zero-order chi connectivity index (χ0) is 26.8. The molecule has 2 amide bonds. The first-order chi connectivity index (χ1) is 19.0. The largest absolute Gasteiger partial charge is 0.489 e. The number of amides is 2. The molecular weight excluding hydrogens is 496 g/mol. The van der Waals surface area contributed by atoms with Crippen LogP contribution in [-0.2, 0) is 11.2 Å². The number of rotatable bonds is 4. The van der Waals surface area contributed by atoms with E-state index in [4.69, 9.17) is 4.74 Å². The molecule has 11 nitrogen and oxygen atoms in total. The highest BCUT2D eigenvalue weighted by Crippen LogP contribution is 2.31. The zero-order valence-corrected chi connectivity index (χ0v) is 20.8. The second-order valence-corrected chi connectivity index (χ2v) is 8.87. The first-order valence-electron chi connectivity index (χ1n) is 12.2. The number of carbonyl (C=O) groups excluding carboxylic acids is 2. The maximum atomic E-state index is 13.3. The van der Waals surface area contributed by atoms with Crippen molar-refractivity contribution >= 4 is 23.1 Å². The fourth-order valence-corrected chi connectivity index (χ4v) is 4.22. The number of benzene rings is 2. The monoisotopic (exact) mass is 518 g/mol. The van der Waals surface area contributed by atoms with Gasteiger partial charge >= 0.3 is 0 Å². The maximum absolute atomic E-state index is 13.3. The number of nitrogens with one attached hydrogen (secondary N) is 2. The van der Waals surface area contributed by atoms with Crippen LogP contribution < -0.4 is 15.0 Å². The molecule has 0 bridgehead atoms. The predicted octanol–water partition coefficient (Wildman–Crippen LogP) is 1.99. The lowest BCUT2D eigenvalue weighted by molar-refractivity contribution is -0.120. The SMILES string of the molecule is CN1C(=O)[C@@H](NC(=O)c2n[nH]c(Cc3ccccc3)n2)COc2ccc(C#Cc3cnc4cccnn34)cc21. The quantitative estimate of drug-likeness (QED) is 0.348. The van der Waals surface area contributed by atoms with Gasteiger partial charge in [0, 0.05) is 25.2 Å². The van der Waals surface area contributed by atoms with Gasteiger partial charge in [0.15, 0.2) is 5.65 Å². The third kappa shape index (κ3) is 4.91. The molecule has 0 unspecified atom stereocenters. The smallest absolute Gasteiger partial charge is 0.291 e. The summed E-state index contributed by atoms with van der Waals surface area (Å²) in [5.41, 5.74) is 3.60. The summed E-state index contributed by atoms with van der Waals surface area (Å²) in [5, 5.41) is 13.8. The van der Waals surface area contributed by atoms with Crippen LogP contribution in [0.15, 0.2) is 73.1 Å². The molecule has 192 valence electrons. The molecule has 0 radical (unpaired) electrons. The fourth-order valence-electron chi connectivity index (χ4n) is 4.22. The van der Waals surface area contributed by atoms with E-state index in [9.17, 15) is 9.59 Å². The summed E-state index contributed by atoms with van der Waals surface area (Å²) in [6, 6.07) is 17.8. The number of anilines is 1. The highest BCUT2D eigenvalue weighted by Gasteiger charge is 2.31. The van der Waals surface area contributed by atoms with E-state index < -0.39 is 11.9 Å². The molecule has 4 heterocycles. The molecule has 5 aromatic rings. The van der Waals surface area contributed by atoms with Crippen LogP contribution in [0.4, 0.5) is 5.69 Å². The first kappa shape index (κ1) is 23.9. The van der Waals surface area contributed by atoms with Crippen molar-refractivity contribution in [1.29, 1.82) is 0 Å². The number of aromatic nitrogens is 6. The summed E-state index contributed by atoms with van der Waals surface area (Å²) in [4.78, 5) is 36.1. The lowest BCUT2D eigenvalue weighted by Gasteiger charge is -2.20. The topological polar surface area (TPSA) is 130 Å². The van der Waals surface area contributed by atoms with Crippen LogP contribution in [0, 0.1) is 11.8 Å². The predicted molar refractivity (Wildman–Crippen MR) is 141 cm³/mol. The third-order valence-corrected chi connectivity index (χ3v) is 6.22. The molecule has 0 aliphatic carbocycles. The molecule has 2 N–H and O–H groups in total. The number of H-pyrrole nitrogens is 1. The molecule has 1 atom stereocenters. The van der Waals surface area contributed by atoms with Crippen LogP contribution in [0.5, 0.6) is 5.75 Å². The molecule has 3 aromatic heterocycles. The van der Waals surface area contributed by atoms with Crippen LogP contribution in [0.25, 0.3) is 5.65 Å². The average Bonchev–Trinajstić information content (AvgIpc) is 3.59. The minimum Gasteiger partial charge on any atom is -0.489 e. The third-order valence-electron chi connectivity index (χ3n) is 6.22. The zero-order valence-electron chi connectivity index (χ0n) is 20.8. The number of hydrogen-bond donors (Lipinski definition) is 2. The summed E-state index contributed by atoms with van der Waals surface area (Å²) in [7, 11) is 1.63. The number of likely N-dealkylation sites (N-methyl/N-ethyl adjacent to an activating group) is 1. The van der Waals surface area contributed by atoms with E-state index >= 15 is 0 Å². The van der Waals surface area contributed by atoms with Gasteiger partial charge < -0.3 is 15.0 Å². The Morgan fingerprint density at radius 1 is 1.15 bits per heavy atom. The highest BCUT2D eigenvalue weighted by atomic mass is 16.5. The Balaban J connectivity index is 1.16. The normalized spacial score (nSPS) is 14.6. The Morgan fingerprint density at radius 3 is 2.90 bits per heavy atom. The van der Waals surface area contributed by atoms with Crippen molar-refractivity contribution in [2.45, 2.75) is 12.5 Å². The molecule has 2 aromatic carbocycles. The Labute approximate surface area is 222 Å². The van der Waals surface area contributed by atoms with E-state index in [0.29, 0.717) is 40.6 Å². The van der Waals surface area contributed by atoms with Crippen molar-refractivity contribution in [3.63, 3.8) is 0 Å². The van der Waals surface area contributed by atoms with Gasteiger partial charge in [-0.25, -0.2) is 14.5 Å². The van der Waals surface area contributed by atoms with E-state index in [1.165, 1.54) is 4.90 Å². The number of carbonyl (C=O) groups is 2.